The highest BCUT2D eigenvalue weighted by molar-refractivity contribution is 6.09. The van der Waals surface area contributed by atoms with Gasteiger partial charge in [-0.15, -0.1) is 0 Å². The van der Waals surface area contributed by atoms with Crippen LogP contribution in [-0.2, 0) is 11.2 Å². The highest BCUT2D eigenvalue weighted by atomic mass is 16.5. The van der Waals surface area contributed by atoms with Crippen LogP contribution in [0.25, 0.3) is 21.8 Å². The Morgan fingerprint density at radius 2 is 1.92 bits per heavy atom. The van der Waals surface area contributed by atoms with E-state index >= 15 is 0 Å². The molecule has 5 heteroatoms. The van der Waals surface area contributed by atoms with Gasteiger partial charge in [0.05, 0.1) is 0 Å². The lowest BCUT2D eigenvalue weighted by atomic mass is 10.1. The highest BCUT2D eigenvalue weighted by Crippen LogP contribution is 2.23. The summed E-state index contributed by atoms with van der Waals surface area (Å²) in [5, 5.41) is 1.78. The number of aromatic amines is 2. The van der Waals surface area contributed by atoms with Crippen molar-refractivity contribution in [2.75, 3.05) is 6.61 Å². The van der Waals surface area contributed by atoms with Crippen molar-refractivity contribution >= 4 is 33.6 Å². The molecule has 0 amide bonds. The fraction of sp³-hybridized carbons (Fsp3) is 0.143. The smallest absolute Gasteiger partial charge is 0.355 e. The van der Waals surface area contributed by atoms with Crippen molar-refractivity contribution in [2.24, 2.45) is 0 Å². The van der Waals surface area contributed by atoms with E-state index in [9.17, 15) is 9.59 Å². The number of hydrogen-bond donors (Lipinski definition) is 2. The molecule has 0 atom stereocenters. The number of para-hydroxylation sites is 2. The first kappa shape index (κ1) is 16.1. The summed E-state index contributed by atoms with van der Waals surface area (Å²) in [4.78, 5) is 30.9. The van der Waals surface area contributed by atoms with E-state index in [0.29, 0.717) is 11.3 Å². The predicted molar refractivity (Wildman–Crippen MR) is 101 cm³/mol. The second-order valence-corrected chi connectivity index (χ2v) is 6.17. The van der Waals surface area contributed by atoms with Gasteiger partial charge in [0.25, 0.3) is 0 Å². The zero-order valence-electron chi connectivity index (χ0n) is 14.3. The Kier molecular flexibility index (Phi) is 4.05. The van der Waals surface area contributed by atoms with Crippen LogP contribution in [-0.4, -0.2) is 28.3 Å². The number of ketones is 1. The van der Waals surface area contributed by atoms with E-state index in [2.05, 4.69) is 16.9 Å². The molecule has 0 bridgehead atoms. The summed E-state index contributed by atoms with van der Waals surface area (Å²) >= 11 is 0. The third-order valence-corrected chi connectivity index (χ3v) is 4.57. The SMILES string of the molecule is CCc1cccc2c(C(=O)COC(=O)c3cc4ccccc4[nH]3)c[nH]c12. The predicted octanol–water partition coefficient (Wildman–Crippen LogP) is 4.25. The number of rotatable bonds is 5. The fourth-order valence-corrected chi connectivity index (χ4v) is 3.21. The van der Waals surface area contributed by atoms with Crippen LogP contribution in [0.15, 0.2) is 54.7 Å². The molecule has 4 rings (SSSR count). The molecule has 0 spiro atoms. The maximum atomic E-state index is 12.5. The first-order valence-electron chi connectivity index (χ1n) is 8.54. The second kappa shape index (κ2) is 6.52. The van der Waals surface area contributed by atoms with Gasteiger partial charge < -0.3 is 14.7 Å². The zero-order chi connectivity index (χ0) is 18.1. The Balaban J connectivity index is 1.51. The number of nitrogens with one attached hydrogen (secondary N) is 2. The standard InChI is InChI=1S/C21H18N2O3/c1-2-13-7-5-8-15-16(11-22-20(13)15)19(24)12-26-21(25)18-10-14-6-3-4-9-17(14)23-18/h3-11,22-23H,2,12H2,1H3. The Morgan fingerprint density at radius 1 is 1.08 bits per heavy atom. The molecule has 0 aliphatic rings. The van der Waals surface area contributed by atoms with Gasteiger partial charge in [-0.2, -0.15) is 0 Å². The summed E-state index contributed by atoms with van der Waals surface area (Å²) < 4.78 is 5.22. The van der Waals surface area contributed by atoms with Crippen molar-refractivity contribution in [3.8, 4) is 0 Å². The fourth-order valence-electron chi connectivity index (χ4n) is 3.21. The number of fused-ring (bicyclic) bond motifs is 2. The van der Waals surface area contributed by atoms with Crippen LogP contribution in [0.3, 0.4) is 0 Å². The van der Waals surface area contributed by atoms with Crippen molar-refractivity contribution in [2.45, 2.75) is 13.3 Å². The van der Waals surface area contributed by atoms with Crippen LogP contribution in [0.5, 0.6) is 0 Å². The molecular weight excluding hydrogens is 328 g/mol. The Bertz CT molecular complexity index is 1090. The average molecular weight is 346 g/mol. The molecule has 0 fully saturated rings. The maximum absolute atomic E-state index is 12.5. The van der Waals surface area contributed by atoms with Crippen molar-refractivity contribution in [3.05, 3.63) is 71.5 Å². The number of benzene rings is 2. The third-order valence-electron chi connectivity index (χ3n) is 4.57. The van der Waals surface area contributed by atoms with Gasteiger partial charge in [0.15, 0.2) is 6.61 Å². The molecule has 5 nitrogen and oxygen atoms in total. The summed E-state index contributed by atoms with van der Waals surface area (Å²) in [7, 11) is 0. The first-order valence-corrected chi connectivity index (χ1v) is 8.54. The summed E-state index contributed by atoms with van der Waals surface area (Å²) in [5.41, 5.74) is 3.84. The number of aromatic nitrogens is 2. The van der Waals surface area contributed by atoms with Gasteiger partial charge in [0.1, 0.15) is 5.69 Å². The first-order chi connectivity index (χ1) is 12.7. The molecule has 0 saturated heterocycles. The molecule has 4 aromatic rings. The van der Waals surface area contributed by atoms with Gasteiger partial charge in [-0.25, -0.2) is 4.79 Å². The number of hydrogen-bond acceptors (Lipinski definition) is 3. The topological polar surface area (TPSA) is 75.0 Å². The van der Waals surface area contributed by atoms with E-state index in [-0.39, 0.29) is 12.4 Å². The molecule has 0 aliphatic carbocycles. The number of Topliss-reactive ketones (excluding diaryl/α,β-unsaturated/α-hetero) is 1. The van der Waals surface area contributed by atoms with Gasteiger partial charge in [0, 0.05) is 33.6 Å². The number of carbonyl (C=O) groups is 2. The van der Waals surface area contributed by atoms with E-state index in [1.165, 1.54) is 0 Å². The second-order valence-electron chi connectivity index (χ2n) is 6.17. The number of ether oxygens (including phenoxy) is 1. The monoisotopic (exact) mass is 346 g/mol. The van der Waals surface area contributed by atoms with E-state index < -0.39 is 5.97 Å². The Morgan fingerprint density at radius 3 is 2.73 bits per heavy atom. The van der Waals surface area contributed by atoms with E-state index in [4.69, 9.17) is 4.74 Å². The number of carbonyl (C=O) groups excluding carboxylic acids is 2. The number of H-pyrrole nitrogens is 2. The summed E-state index contributed by atoms with van der Waals surface area (Å²) in [6, 6.07) is 15.2. The van der Waals surface area contributed by atoms with Gasteiger partial charge in [-0.3, -0.25) is 4.79 Å². The molecule has 0 aliphatic heterocycles. The van der Waals surface area contributed by atoms with Crippen LogP contribution in [0.4, 0.5) is 0 Å². The average Bonchev–Trinajstić information content (AvgIpc) is 3.29. The van der Waals surface area contributed by atoms with Gasteiger partial charge in [0.2, 0.25) is 5.78 Å². The zero-order valence-corrected chi connectivity index (χ0v) is 14.3. The molecule has 0 unspecified atom stereocenters. The summed E-state index contributed by atoms with van der Waals surface area (Å²) in [6.45, 7) is 1.77. The normalized spacial score (nSPS) is 11.1. The quantitative estimate of drug-likeness (QED) is 0.419. The highest BCUT2D eigenvalue weighted by Gasteiger charge is 2.17. The van der Waals surface area contributed by atoms with Crippen LogP contribution in [0, 0.1) is 0 Å². The van der Waals surface area contributed by atoms with E-state index in [1.807, 2.05) is 42.5 Å². The minimum absolute atomic E-state index is 0.228. The van der Waals surface area contributed by atoms with Gasteiger partial charge in [-0.1, -0.05) is 43.3 Å². The van der Waals surface area contributed by atoms with Crippen LogP contribution < -0.4 is 0 Å². The van der Waals surface area contributed by atoms with E-state index in [1.54, 1.807) is 12.3 Å². The summed E-state index contributed by atoms with van der Waals surface area (Å²) in [6.07, 6.45) is 2.56. The molecule has 2 aromatic heterocycles. The Hall–Kier alpha value is -3.34. The van der Waals surface area contributed by atoms with Crippen molar-refractivity contribution in [3.63, 3.8) is 0 Å². The molecule has 2 N–H and O–H groups in total. The third kappa shape index (κ3) is 2.77. The van der Waals surface area contributed by atoms with Crippen molar-refractivity contribution < 1.29 is 14.3 Å². The number of aryl methyl sites for hydroxylation is 1. The summed E-state index contributed by atoms with van der Waals surface area (Å²) in [5.74, 6) is -0.766. The van der Waals surface area contributed by atoms with Gasteiger partial charge >= 0.3 is 5.97 Å². The van der Waals surface area contributed by atoms with Crippen LogP contribution >= 0.6 is 0 Å². The van der Waals surface area contributed by atoms with Crippen molar-refractivity contribution in [1.82, 2.24) is 9.97 Å². The molecular formula is C21H18N2O3. The molecule has 130 valence electrons. The lowest BCUT2D eigenvalue weighted by Crippen LogP contribution is -2.14. The van der Waals surface area contributed by atoms with Crippen LogP contribution in [0.2, 0.25) is 0 Å². The minimum Gasteiger partial charge on any atom is -0.453 e. The van der Waals surface area contributed by atoms with Gasteiger partial charge in [-0.05, 0) is 24.1 Å². The van der Waals surface area contributed by atoms with E-state index in [0.717, 1.165) is 33.8 Å². The molecule has 26 heavy (non-hydrogen) atoms. The van der Waals surface area contributed by atoms with Crippen LogP contribution in [0.1, 0.15) is 33.3 Å². The molecule has 0 radical (unpaired) electrons. The molecule has 0 saturated carbocycles. The molecule has 2 aromatic carbocycles. The lowest BCUT2D eigenvalue weighted by Gasteiger charge is -2.03. The lowest BCUT2D eigenvalue weighted by molar-refractivity contribution is 0.0470. The molecule has 2 heterocycles. The van der Waals surface area contributed by atoms with Crippen molar-refractivity contribution in [1.29, 1.82) is 0 Å². The largest absolute Gasteiger partial charge is 0.453 e. The minimum atomic E-state index is -0.538. The number of esters is 1. The maximum Gasteiger partial charge on any atom is 0.355 e. The Labute approximate surface area is 150 Å².